The molecule has 1 amide bonds. The molecule has 92 valence electrons. The van der Waals surface area contributed by atoms with E-state index in [0.717, 1.165) is 12.3 Å². The lowest BCUT2D eigenvalue weighted by molar-refractivity contribution is 0.0953. The van der Waals surface area contributed by atoms with Gasteiger partial charge in [-0.15, -0.1) is 0 Å². The van der Waals surface area contributed by atoms with Gasteiger partial charge in [0.1, 0.15) is 5.82 Å². The second-order valence-corrected chi connectivity index (χ2v) is 4.29. The highest BCUT2D eigenvalue weighted by Crippen LogP contribution is 2.31. The molecule has 0 spiro atoms. The van der Waals surface area contributed by atoms with Gasteiger partial charge in [0.05, 0.1) is 11.3 Å². The Balaban J connectivity index is 1.99. The third kappa shape index (κ3) is 2.94. The first kappa shape index (κ1) is 11.9. The summed E-state index contributed by atoms with van der Waals surface area (Å²) in [6, 6.07) is 4.30. The Kier molecular flexibility index (Phi) is 3.58. The third-order valence-corrected chi connectivity index (χ3v) is 2.94. The summed E-state index contributed by atoms with van der Waals surface area (Å²) in [6.45, 7) is 0.629. The first-order valence-electron chi connectivity index (χ1n) is 5.75. The molecule has 1 saturated carbocycles. The van der Waals surface area contributed by atoms with Crippen LogP contribution in [0.2, 0.25) is 0 Å². The van der Waals surface area contributed by atoms with E-state index in [1.54, 1.807) is 6.07 Å². The standard InChI is InChI=1S/C12H16FN3O/c13-10-3-1-2-9(11(10)16-14)12(17)15-7-6-8-4-5-8/h1-3,8,16H,4-7,14H2,(H,15,17). The fraction of sp³-hybridized carbons (Fsp3) is 0.417. The average Bonchev–Trinajstić information content (AvgIpc) is 3.12. The van der Waals surface area contributed by atoms with Gasteiger partial charge in [-0.1, -0.05) is 18.9 Å². The summed E-state index contributed by atoms with van der Waals surface area (Å²) in [7, 11) is 0. The first-order valence-corrected chi connectivity index (χ1v) is 5.75. The summed E-state index contributed by atoms with van der Waals surface area (Å²) in [6.07, 6.45) is 3.50. The number of nitrogen functional groups attached to an aromatic ring is 1. The zero-order valence-corrected chi connectivity index (χ0v) is 9.50. The summed E-state index contributed by atoms with van der Waals surface area (Å²) in [5, 5.41) is 2.77. The Hall–Kier alpha value is -1.62. The van der Waals surface area contributed by atoms with Crippen molar-refractivity contribution in [1.29, 1.82) is 0 Å². The molecule has 0 atom stereocenters. The molecular weight excluding hydrogens is 221 g/mol. The highest BCUT2D eigenvalue weighted by Gasteiger charge is 2.21. The number of hydrogen-bond acceptors (Lipinski definition) is 3. The normalized spacial score (nSPS) is 14.5. The monoisotopic (exact) mass is 237 g/mol. The van der Waals surface area contributed by atoms with Crippen LogP contribution in [0.15, 0.2) is 18.2 Å². The molecule has 1 aromatic rings. The van der Waals surface area contributed by atoms with Gasteiger partial charge in [0.2, 0.25) is 0 Å². The van der Waals surface area contributed by atoms with Gasteiger partial charge in [0, 0.05) is 6.54 Å². The predicted molar refractivity (Wildman–Crippen MR) is 63.9 cm³/mol. The molecular formula is C12H16FN3O. The van der Waals surface area contributed by atoms with Crippen LogP contribution in [-0.2, 0) is 0 Å². The number of hydrazine groups is 1. The molecule has 1 aliphatic rings. The summed E-state index contributed by atoms with van der Waals surface area (Å²) < 4.78 is 13.3. The van der Waals surface area contributed by atoms with Gasteiger partial charge < -0.3 is 10.7 Å². The van der Waals surface area contributed by atoms with Crippen molar-refractivity contribution >= 4 is 11.6 Å². The maximum atomic E-state index is 13.3. The van der Waals surface area contributed by atoms with Crippen molar-refractivity contribution in [3.63, 3.8) is 0 Å². The smallest absolute Gasteiger partial charge is 0.253 e. The quantitative estimate of drug-likeness (QED) is 0.538. The Labute approximate surface area is 99.4 Å². The molecule has 2 rings (SSSR count). The molecule has 0 radical (unpaired) electrons. The van der Waals surface area contributed by atoms with Crippen LogP contribution in [0.4, 0.5) is 10.1 Å². The molecule has 0 saturated heterocycles. The number of carbonyl (C=O) groups excluding carboxylic acids is 1. The fourth-order valence-electron chi connectivity index (χ4n) is 1.75. The van der Waals surface area contributed by atoms with Crippen molar-refractivity contribution in [3.8, 4) is 0 Å². The second-order valence-electron chi connectivity index (χ2n) is 4.29. The molecule has 0 unspecified atom stereocenters. The lowest BCUT2D eigenvalue weighted by Crippen LogP contribution is -2.26. The van der Waals surface area contributed by atoms with E-state index in [-0.39, 0.29) is 17.2 Å². The lowest BCUT2D eigenvalue weighted by atomic mass is 10.1. The second kappa shape index (κ2) is 5.14. The molecule has 4 N–H and O–H groups in total. The highest BCUT2D eigenvalue weighted by molar-refractivity contribution is 5.99. The molecule has 1 aliphatic carbocycles. The number of carbonyl (C=O) groups is 1. The largest absolute Gasteiger partial charge is 0.352 e. The molecule has 1 fully saturated rings. The van der Waals surface area contributed by atoms with Crippen molar-refractivity contribution < 1.29 is 9.18 Å². The minimum atomic E-state index is -0.526. The minimum absolute atomic E-state index is 0.0384. The van der Waals surface area contributed by atoms with Crippen molar-refractivity contribution in [3.05, 3.63) is 29.6 Å². The Morgan fingerprint density at radius 2 is 2.24 bits per heavy atom. The van der Waals surface area contributed by atoms with Gasteiger partial charge in [-0.2, -0.15) is 0 Å². The van der Waals surface area contributed by atoms with Gasteiger partial charge in [0.15, 0.2) is 0 Å². The van der Waals surface area contributed by atoms with Gasteiger partial charge in [-0.05, 0) is 24.5 Å². The summed E-state index contributed by atoms with van der Waals surface area (Å²) >= 11 is 0. The molecule has 0 bridgehead atoms. The van der Waals surface area contributed by atoms with Gasteiger partial charge in [0.25, 0.3) is 5.91 Å². The maximum Gasteiger partial charge on any atom is 0.253 e. The summed E-state index contributed by atoms with van der Waals surface area (Å²) in [4.78, 5) is 11.8. The van der Waals surface area contributed by atoms with E-state index in [0.29, 0.717) is 6.54 Å². The number of amides is 1. The lowest BCUT2D eigenvalue weighted by Gasteiger charge is -2.10. The van der Waals surface area contributed by atoms with E-state index < -0.39 is 5.82 Å². The topological polar surface area (TPSA) is 67.1 Å². The Morgan fingerprint density at radius 1 is 1.47 bits per heavy atom. The number of nitrogens with two attached hydrogens (primary N) is 1. The Bertz CT molecular complexity index is 418. The highest BCUT2D eigenvalue weighted by atomic mass is 19.1. The van der Waals surface area contributed by atoms with Crippen molar-refractivity contribution in [1.82, 2.24) is 5.32 Å². The number of rotatable bonds is 5. The van der Waals surface area contributed by atoms with Crippen molar-refractivity contribution in [2.75, 3.05) is 12.0 Å². The van der Waals surface area contributed by atoms with Gasteiger partial charge in [-0.25, -0.2) is 4.39 Å². The van der Waals surface area contributed by atoms with Crippen LogP contribution >= 0.6 is 0 Å². The van der Waals surface area contributed by atoms with Crippen LogP contribution in [-0.4, -0.2) is 12.5 Å². The average molecular weight is 237 g/mol. The van der Waals surface area contributed by atoms with E-state index in [1.165, 1.54) is 25.0 Å². The number of nitrogens with one attached hydrogen (secondary N) is 2. The van der Waals surface area contributed by atoms with Crippen LogP contribution in [0, 0.1) is 11.7 Å². The van der Waals surface area contributed by atoms with Gasteiger partial charge >= 0.3 is 0 Å². The van der Waals surface area contributed by atoms with Gasteiger partial charge in [-0.3, -0.25) is 10.6 Å². The van der Waals surface area contributed by atoms with E-state index in [4.69, 9.17) is 5.84 Å². The van der Waals surface area contributed by atoms with Crippen LogP contribution in [0.3, 0.4) is 0 Å². The van der Waals surface area contributed by atoms with Crippen LogP contribution in [0.1, 0.15) is 29.6 Å². The minimum Gasteiger partial charge on any atom is -0.352 e. The summed E-state index contributed by atoms with van der Waals surface area (Å²) in [5.41, 5.74) is 2.50. The number of halogens is 1. The van der Waals surface area contributed by atoms with Crippen molar-refractivity contribution in [2.45, 2.75) is 19.3 Å². The van der Waals surface area contributed by atoms with E-state index in [1.807, 2.05) is 0 Å². The molecule has 0 aliphatic heterocycles. The molecule has 1 aromatic carbocycles. The number of para-hydroxylation sites is 1. The third-order valence-electron chi connectivity index (χ3n) is 2.94. The molecule has 17 heavy (non-hydrogen) atoms. The van der Waals surface area contributed by atoms with E-state index in [9.17, 15) is 9.18 Å². The molecule has 4 nitrogen and oxygen atoms in total. The van der Waals surface area contributed by atoms with E-state index in [2.05, 4.69) is 10.7 Å². The predicted octanol–water partition coefficient (Wildman–Crippen LogP) is 1.64. The zero-order chi connectivity index (χ0) is 12.3. The maximum absolute atomic E-state index is 13.3. The number of hydrogen-bond donors (Lipinski definition) is 3. The fourth-order valence-corrected chi connectivity index (χ4v) is 1.75. The number of anilines is 1. The SMILES string of the molecule is NNc1c(F)cccc1C(=O)NCCC1CC1. The van der Waals surface area contributed by atoms with Crippen LogP contribution in [0.25, 0.3) is 0 Å². The molecule has 5 heteroatoms. The Morgan fingerprint density at radius 3 is 2.88 bits per heavy atom. The number of benzene rings is 1. The van der Waals surface area contributed by atoms with Crippen molar-refractivity contribution in [2.24, 2.45) is 11.8 Å². The molecule has 0 heterocycles. The zero-order valence-electron chi connectivity index (χ0n) is 9.50. The summed E-state index contributed by atoms with van der Waals surface area (Å²) in [5.74, 6) is 5.15. The van der Waals surface area contributed by atoms with Crippen LogP contribution in [0.5, 0.6) is 0 Å². The van der Waals surface area contributed by atoms with E-state index >= 15 is 0 Å². The van der Waals surface area contributed by atoms with Crippen LogP contribution < -0.4 is 16.6 Å². The molecule has 0 aromatic heterocycles. The first-order chi connectivity index (χ1) is 8.22.